The highest BCUT2D eigenvalue weighted by Crippen LogP contribution is 2.41. The molecule has 0 aromatic rings. The Balaban J connectivity index is 1.81. The van der Waals surface area contributed by atoms with Gasteiger partial charge >= 0.3 is 0 Å². The lowest BCUT2D eigenvalue weighted by molar-refractivity contribution is 0.185. The molecule has 0 aliphatic heterocycles. The molecule has 14 heavy (non-hydrogen) atoms. The van der Waals surface area contributed by atoms with Gasteiger partial charge < -0.3 is 0 Å². The molecule has 2 rings (SSSR count). The van der Waals surface area contributed by atoms with Gasteiger partial charge in [-0.05, 0) is 55.9 Å². The molecule has 1 fully saturated rings. The van der Waals surface area contributed by atoms with Crippen LogP contribution in [-0.4, -0.2) is 0 Å². The van der Waals surface area contributed by atoms with Gasteiger partial charge in [0.25, 0.3) is 0 Å². The molecular weight excluding hydrogens is 168 g/mol. The van der Waals surface area contributed by atoms with Crippen LogP contribution in [0.4, 0.5) is 0 Å². The van der Waals surface area contributed by atoms with Gasteiger partial charge in [-0.25, -0.2) is 0 Å². The largest absolute Gasteiger partial charge is 0.0777 e. The number of fused-ring (bicyclic) bond motifs is 1. The molecule has 0 heteroatoms. The van der Waals surface area contributed by atoms with Crippen molar-refractivity contribution in [2.75, 3.05) is 0 Å². The van der Waals surface area contributed by atoms with E-state index in [1.807, 2.05) is 0 Å². The van der Waals surface area contributed by atoms with Gasteiger partial charge in [0.05, 0.1) is 0 Å². The fraction of sp³-hybridized carbons (Fsp3) is 0.857. The monoisotopic (exact) mass is 191 g/mol. The Hall–Kier alpha value is -0.260. The summed E-state index contributed by atoms with van der Waals surface area (Å²) in [5.74, 6) is 2.98. The van der Waals surface area contributed by atoms with Crippen LogP contribution >= 0.6 is 0 Å². The Kier molecular flexibility index (Phi) is 3.67. The molecule has 2 aliphatic rings. The molecule has 0 nitrogen and oxygen atoms in total. The van der Waals surface area contributed by atoms with Crippen molar-refractivity contribution in [1.82, 2.24) is 0 Å². The Morgan fingerprint density at radius 2 is 2.21 bits per heavy atom. The lowest BCUT2D eigenvalue weighted by Crippen LogP contribution is -2.25. The number of hydrogen-bond donors (Lipinski definition) is 0. The third-order valence-electron chi connectivity index (χ3n) is 4.11. The summed E-state index contributed by atoms with van der Waals surface area (Å²) < 4.78 is 0. The van der Waals surface area contributed by atoms with Crippen LogP contribution in [0.1, 0.15) is 58.3 Å². The third-order valence-corrected chi connectivity index (χ3v) is 4.11. The zero-order valence-electron chi connectivity index (χ0n) is 9.47. The number of allylic oxidation sites excluding steroid dienone is 2. The summed E-state index contributed by atoms with van der Waals surface area (Å²) in [5, 5.41) is 0. The van der Waals surface area contributed by atoms with E-state index in [4.69, 9.17) is 0 Å². The molecule has 79 valence electrons. The molecule has 1 radical (unpaired) electrons. The number of hydrogen-bond acceptors (Lipinski definition) is 0. The topological polar surface area (TPSA) is 0 Å². The highest BCUT2D eigenvalue weighted by molar-refractivity contribution is 4.95. The van der Waals surface area contributed by atoms with Gasteiger partial charge in [-0.2, -0.15) is 0 Å². The summed E-state index contributed by atoms with van der Waals surface area (Å²) in [6.45, 7) is 2.31. The van der Waals surface area contributed by atoms with E-state index in [1.165, 1.54) is 51.4 Å². The summed E-state index contributed by atoms with van der Waals surface area (Å²) in [6.07, 6.45) is 17.2. The minimum Gasteiger partial charge on any atom is -0.0777 e. The normalized spacial score (nSPS) is 36.8. The van der Waals surface area contributed by atoms with Gasteiger partial charge in [-0.15, -0.1) is 0 Å². The third kappa shape index (κ3) is 2.40. The molecule has 0 spiro atoms. The predicted molar refractivity (Wildman–Crippen MR) is 60.9 cm³/mol. The van der Waals surface area contributed by atoms with Crippen LogP contribution in [-0.2, 0) is 0 Å². The second-order valence-corrected chi connectivity index (χ2v) is 5.15. The first kappa shape index (κ1) is 10.3. The van der Waals surface area contributed by atoms with Gasteiger partial charge in [-0.1, -0.05) is 32.3 Å². The van der Waals surface area contributed by atoms with E-state index < -0.39 is 0 Å². The van der Waals surface area contributed by atoms with Crippen LogP contribution in [0.25, 0.3) is 0 Å². The Bertz CT molecular complexity index is 192. The molecule has 1 saturated carbocycles. The van der Waals surface area contributed by atoms with Gasteiger partial charge in [0.15, 0.2) is 0 Å². The number of unbranched alkanes of at least 4 members (excludes halogenated alkanes) is 1. The smallest absolute Gasteiger partial charge is 0.0199 e. The van der Waals surface area contributed by atoms with Crippen molar-refractivity contribution in [3.8, 4) is 0 Å². The predicted octanol–water partition coefficient (Wildman–Crippen LogP) is 4.36. The van der Waals surface area contributed by atoms with E-state index in [9.17, 15) is 0 Å². The first-order chi connectivity index (χ1) is 6.90. The van der Waals surface area contributed by atoms with E-state index in [2.05, 4.69) is 19.1 Å². The molecule has 0 saturated heterocycles. The first-order valence-corrected chi connectivity index (χ1v) is 6.47. The zero-order chi connectivity index (χ0) is 9.80. The number of rotatable bonds is 3. The lowest BCUT2D eigenvalue weighted by Gasteiger charge is -2.36. The summed E-state index contributed by atoms with van der Waals surface area (Å²) in [6, 6.07) is 0. The van der Waals surface area contributed by atoms with Crippen LogP contribution in [0.5, 0.6) is 0 Å². The van der Waals surface area contributed by atoms with Crippen molar-refractivity contribution in [3.63, 3.8) is 0 Å². The minimum absolute atomic E-state index is 0.904. The van der Waals surface area contributed by atoms with Crippen molar-refractivity contribution < 1.29 is 0 Å². The van der Waals surface area contributed by atoms with Crippen molar-refractivity contribution in [1.29, 1.82) is 0 Å². The molecule has 0 amide bonds. The second-order valence-electron chi connectivity index (χ2n) is 5.15. The average Bonchev–Trinajstić information content (AvgIpc) is 2.26. The molecule has 3 unspecified atom stereocenters. The van der Waals surface area contributed by atoms with Crippen LogP contribution in [0, 0.1) is 23.8 Å². The average molecular weight is 191 g/mol. The van der Waals surface area contributed by atoms with Crippen molar-refractivity contribution in [3.05, 3.63) is 12.2 Å². The summed E-state index contributed by atoms with van der Waals surface area (Å²) in [7, 11) is 0. The van der Waals surface area contributed by atoms with Gasteiger partial charge in [0, 0.05) is 0 Å². The maximum Gasteiger partial charge on any atom is -0.0199 e. The SMILES string of the molecule is CCCCC1CCC2C=[C]CCC2C1. The highest BCUT2D eigenvalue weighted by Gasteiger charge is 2.29. The second kappa shape index (κ2) is 5.00. The van der Waals surface area contributed by atoms with Gasteiger partial charge in [-0.3, -0.25) is 0 Å². The maximum absolute atomic E-state index is 3.42. The summed E-state index contributed by atoms with van der Waals surface area (Å²) in [5.41, 5.74) is 0. The first-order valence-electron chi connectivity index (χ1n) is 6.47. The van der Waals surface area contributed by atoms with Crippen LogP contribution in [0.2, 0.25) is 0 Å². The summed E-state index contributed by atoms with van der Waals surface area (Å²) in [4.78, 5) is 0. The van der Waals surface area contributed by atoms with Crippen molar-refractivity contribution in [2.24, 2.45) is 17.8 Å². The van der Waals surface area contributed by atoms with Crippen molar-refractivity contribution >= 4 is 0 Å². The molecule has 0 heterocycles. The maximum atomic E-state index is 3.42. The van der Waals surface area contributed by atoms with Crippen LogP contribution < -0.4 is 0 Å². The van der Waals surface area contributed by atoms with Gasteiger partial charge in [0.1, 0.15) is 0 Å². The lowest BCUT2D eigenvalue weighted by atomic mass is 9.69. The standard InChI is InChI=1S/C14H23/c1-2-3-6-12-9-10-13-7-4-5-8-14(13)11-12/h7,12-14H,2-3,5-6,8-11H2,1H3. The molecule has 0 aromatic heterocycles. The fourth-order valence-corrected chi connectivity index (χ4v) is 3.19. The quantitative estimate of drug-likeness (QED) is 0.621. The molecule has 0 N–H and O–H groups in total. The Morgan fingerprint density at radius 3 is 3.07 bits per heavy atom. The fourth-order valence-electron chi connectivity index (χ4n) is 3.19. The van der Waals surface area contributed by atoms with Gasteiger partial charge in [0.2, 0.25) is 0 Å². The van der Waals surface area contributed by atoms with E-state index in [1.54, 1.807) is 0 Å². The summed E-state index contributed by atoms with van der Waals surface area (Å²) >= 11 is 0. The van der Waals surface area contributed by atoms with E-state index >= 15 is 0 Å². The van der Waals surface area contributed by atoms with Crippen molar-refractivity contribution in [2.45, 2.75) is 58.3 Å². The Morgan fingerprint density at radius 1 is 1.29 bits per heavy atom. The van der Waals surface area contributed by atoms with Crippen LogP contribution in [0.15, 0.2) is 6.08 Å². The minimum atomic E-state index is 0.904. The molecular formula is C14H23. The molecule has 0 bridgehead atoms. The van der Waals surface area contributed by atoms with E-state index in [-0.39, 0.29) is 0 Å². The zero-order valence-corrected chi connectivity index (χ0v) is 9.47. The Labute approximate surface area is 88.8 Å². The highest BCUT2D eigenvalue weighted by atomic mass is 14.3. The molecule has 3 atom stereocenters. The molecule has 2 aliphatic carbocycles. The van der Waals surface area contributed by atoms with E-state index in [0.717, 1.165) is 17.8 Å². The molecule has 0 aromatic carbocycles. The van der Waals surface area contributed by atoms with E-state index in [0.29, 0.717) is 0 Å². The van der Waals surface area contributed by atoms with Crippen LogP contribution in [0.3, 0.4) is 0 Å².